The quantitative estimate of drug-likeness (QED) is 0.843. The Balaban J connectivity index is 2.02. The van der Waals surface area contributed by atoms with Gasteiger partial charge in [-0.05, 0) is 41.5 Å². The molecule has 2 aromatic rings. The second-order valence-electron chi connectivity index (χ2n) is 5.42. The van der Waals surface area contributed by atoms with Gasteiger partial charge in [0.25, 0.3) is 0 Å². The van der Waals surface area contributed by atoms with E-state index in [4.69, 9.17) is 10.4 Å². The van der Waals surface area contributed by atoms with Crippen molar-refractivity contribution in [3.63, 3.8) is 0 Å². The first-order valence-electron chi connectivity index (χ1n) is 7.48. The second-order valence-corrected chi connectivity index (χ2v) is 5.42. The first kappa shape index (κ1) is 16.1. The Labute approximate surface area is 143 Å². The summed E-state index contributed by atoms with van der Waals surface area (Å²) in [6.07, 6.45) is 2.56. The highest BCUT2D eigenvalue weighted by atomic mass is 16.4. The van der Waals surface area contributed by atoms with Crippen LogP contribution in [0.5, 0.6) is 0 Å². The lowest BCUT2D eigenvalue weighted by molar-refractivity contribution is -0.131. The SMILES string of the molecule is N#Cc1cccc(C2=Nc3ccc(C=CC(=O)O)cc3NC(=O)C2)c1. The maximum atomic E-state index is 12.2. The van der Waals surface area contributed by atoms with E-state index in [1.54, 1.807) is 36.4 Å². The molecule has 0 bridgehead atoms. The minimum atomic E-state index is -1.04. The number of carbonyl (C=O) groups is 2. The maximum Gasteiger partial charge on any atom is 0.328 e. The van der Waals surface area contributed by atoms with Crippen molar-refractivity contribution in [3.05, 3.63) is 65.2 Å². The van der Waals surface area contributed by atoms with Crippen LogP contribution in [0.25, 0.3) is 6.08 Å². The van der Waals surface area contributed by atoms with Crippen molar-refractivity contribution >= 4 is 35.0 Å². The Bertz CT molecular complexity index is 968. The van der Waals surface area contributed by atoms with Crippen molar-refractivity contribution in [2.24, 2.45) is 4.99 Å². The Morgan fingerprint density at radius 2 is 2.12 bits per heavy atom. The molecule has 2 N–H and O–H groups in total. The average Bonchev–Trinajstić information content (AvgIpc) is 2.77. The van der Waals surface area contributed by atoms with E-state index in [-0.39, 0.29) is 12.3 Å². The first-order valence-corrected chi connectivity index (χ1v) is 7.48. The fraction of sp³-hybridized carbons (Fsp3) is 0.0526. The molecule has 0 aliphatic carbocycles. The number of nitrogens with one attached hydrogen (secondary N) is 1. The molecule has 0 spiro atoms. The summed E-state index contributed by atoms with van der Waals surface area (Å²) in [5.74, 6) is -1.27. The van der Waals surface area contributed by atoms with Gasteiger partial charge < -0.3 is 10.4 Å². The van der Waals surface area contributed by atoms with Crippen LogP contribution in [0.2, 0.25) is 0 Å². The molecule has 1 aliphatic rings. The smallest absolute Gasteiger partial charge is 0.328 e. The number of hydrogen-bond acceptors (Lipinski definition) is 4. The number of anilines is 1. The molecule has 2 aromatic carbocycles. The molecule has 1 aliphatic heterocycles. The Morgan fingerprint density at radius 1 is 1.28 bits per heavy atom. The van der Waals surface area contributed by atoms with Gasteiger partial charge in [-0.2, -0.15) is 5.26 Å². The third kappa shape index (κ3) is 3.79. The van der Waals surface area contributed by atoms with Crippen molar-refractivity contribution in [1.82, 2.24) is 0 Å². The predicted molar refractivity (Wildman–Crippen MR) is 93.7 cm³/mol. The number of carboxylic acids is 1. The zero-order chi connectivity index (χ0) is 17.8. The lowest BCUT2D eigenvalue weighted by Crippen LogP contribution is -2.15. The molecular weight excluding hydrogens is 318 g/mol. The third-order valence-corrected chi connectivity index (χ3v) is 3.62. The van der Waals surface area contributed by atoms with Crippen LogP contribution in [0.3, 0.4) is 0 Å². The normalized spacial score (nSPS) is 13.4. The highest BCUT2D eigenvalue weighted by molar-refractivity contribution is 6.17. The Hall–Kier alpha value is -3.72. The average molecular weight is 331 g/mol. The van der Waals surface area contributed by atoms with Gasteiger partial charge in [-0.15, -0.1) is 0 Å². The molecule has 25 heavy (non-hydrogen) atoms. The van der Waals surface area contributed by atoms with Crippen molar-refractivity contribution in [3.8, 4) is 6.07 Å². The molecule has 0 unspecified atom stereocenters. The second kappa shape index (κ2) is 6.81. The van der Waals surface area contributed by atoms with Crippen LogP contribution in [0.15, 0.2) is 53.5 Å². The van der Waals surface area contributed by atoms with Crippen LogP contribution in [0, 0.1) is 11.3 Å². The number of hydrogen-bond donors (Lipinski definition) is 2. The zero-order valence-electron chi connectivity index (χ0n) is 13.1. The summed E-state index contributed by atoms with van der Waals surface area (Å²) in [4.78, 5) is 27.4. The molecule has 122 valence electrons. The standard InChI is InChI=1S/C19H13N3O3/c20-11-13-2-1-3-14(8-13)16-10-18(23)22-17-9-12(5-7-19(24)25)4-6-15(17)21-16/h1-9H,10H2,(H,22,23)(H,24,25). The summed E-state index contributed by atoms with van der Waals surface area (Å²) in [5.41, 5.74) is 3.53. The number of carboxylic acid groups (broad SMARTS) is 1. The van der Waals surface area contributed by atoms with Crippen molar-refractivity contribution in [2.75, 3.05) is 5.32 Å². The monoisotopic (exact) mass is 331 g/mol. The number of nitriles is 1. The van der Waals surface area contributed by atoms with Gasteiger partial charge in [-0.3, -0.25) is 9.79 Å². The summed E-state index contributed by atoms with van der Waals surface area (Å²) in [5, 5.41) is 20.5. The number of benzene rings is 2. The van der Waals surface area contributed by atoms with Crippen LogP contribution in [-0.2, 0) is 9.59 Å². The van der Waals surface area contributed by atoms with Gasteiger partial charge in [0, 0.05) is 6.08 Å². The van der Waals surface area contributed by atoms with Crippen LogP contribution >= 0.6 is 0 Å². The fourth-order valence-corrected chi connectivity index (χ4v) is 2.49. The van der Waals surface area contributed by atoms with Crippen molar-refractivity contribution in [1.29, 1.82) is 5.26 Å². The molecule has 0 saturated carbocycles. The number of aliphatic carboxylic acids is 1. The van der Waals surface area contributed by atoms with Gasteiger partial charge in [0.15, 0.2) is 0 Å². The predicted octanol–water partition coefficient (Wildman–Crippen LogP) is 3.12. The summed E-state index contributed by atoms with van der Waals surface area (Å²) < 4.78 is 0. The summed E-state index contributed by atoms with van der Waals surface area (Å²) in [6, 6.07) is 14.1. The molecule has 1 amide bonds. The molecule has 6 nitrogen and oxygen atoms in total. The van der Waals surface area contributed by atoms with E-state index < -0.39 is 5.97 Å². The van der Waals surface area contributed by atoms with Crippen molar-refractivity contribution < 1.29 is 14.7 Å². The Morgan fingerprint density at radius 3 is 2.88 bits per heavy atom. The molecule has 3 rings (SSSR count). The van der Waals surface area contributed by atoms with Crippen LogP contribution in [-0.4, -0.2) is 22.7 Å². The van der Waals surface area contributed by atoms with E-state index in [1.807, 2.05) is 6.07 Å². The summed E-state index contributed by atoms with van der Waals surface area (Å²) in [6.45, 7) is 0. The minimum Gasteiger partial charge on any atom is -0.478 e. The number of aliphatic imine (C=N–C) groups is 1. The van der Waals surface area contributed by atoms with Gasteiger partial charge in [0.2, 0.25) is 5.91 Å². The van der Waals surface area contributed by atoms with Crippen LogP contribution in [0.4, 0.5) is 11.4 Å². The Kier molecular flexibility index (Phi) is 4.40. The lowest BCUT2D eigenvalue weighted by Gasteiger charge is -2.05. The maximum absolute atomic E-state index is 12.2. The van der Waals surface area contributed by atoms with Gasteiger partial charge >= 0.3 is 5.97 Å². The zero-order valence-corrected chi connectivity index (χ0v) is 13.1. The largest absolute Gasteiger partial charge is 0.478 e. The fourth-order valence-electron chi connectivity index (χ4n) is 2.49. The molecule has 1 heterocycles. The molecule has 0 radical (unpaired) electrons. The van der Waals surface area contributed by atoms with E-state index in [0.717, 1.165) is 11.6 Å². The topological polar surface area (TPSA) is 103 Å². The number of rotatable bonds is 3. The van der Waals surface area contributed by atoms with Gasteiger partial charge in [0.05, 0.1) is 35.1 Å². The van der Waals surface area contributed by atoms with Crippen molar-refractivity contribution in [2.45, 2.75) is 6.42 Å². The van der Waals surface area contributed by atoms with E-state index in [1.165, 1.54) is 6.08 Å². The highest BCUT2D eigenvalue weighted by Gasteiger charge is 2.17. The number of amides is 1. The van der Waals surface area contributed by atoms with Crippen LogP contribution in [0.1, 0.15) is 23.1 Å². The summed E-state index contributed by atoms with van der Waals surface area (Å²) in [7, 11) is 0. The van der Waals surface area contributed by atoms with Gasteiger partial charge in [-0.25, -0.2) is 4.79 Å². The van der Waals surface area contributed by atoms with Gasteiger partial charge in [-0.1, -0.05) is 18.2 Å². The highest BCUT2D eigenvalue weighted by Crippen LogP contribution is 2.30. The van der Waals surface area contributed by atoms with E-state index in [2.05, 4.69) is 16.4 Å². The number of fused-ring (bicyclic) bond motifs is 1. The summed E-state index contributed by atoms with van der Waals surface area (Å²) >= 11 is 0. The molecule has 0 atom stereocenters. The van der Waals surface area contributed by atoms with E-state index >= 15 is 0 Å². The molecule has 6 heteroatoms. The lowest BCUT2D eigenvalue weighted by atomic mass is 10.0. The van der Waals surface area contributed by atoms with Gasteiger partial charge in [0.1, 0.15) is 0 Å². The van der Waals surface area contributed by atoms with Crippen LogP contribution < -0.4 is 5.32 Å². The molecule has 0 aromatic heterocycles. The number of carbonyl (C=O) groups excluding carboxylic acids is 1. The minimum absolute atomic E-state index is 0.0872. The molecule has 0 saturated heterocycles. The van der Waals surface area contributed by atoms with E-state index in [9.17, 15) is 9.59 Å². The first-order chi connectivity index (χ1) is 12.0. The molecule has 0 fully saturated rings. The number of nitrogens with zero attached hydrogens (tertiary/aromatic N) is 2. The third-order valence-electron chi connectivity index (χ3n) is 3.62. The van der Waals surface area contributed by atoms with E-state index in [0.29, 0.717) is 28.2 Å². The molecular formula is C19H13N3O3.